The number of aromatic hydroxyl groups is 2. The van der Waals surface area contributed by atoms with Crippen molar-refractivity contribution in [2.45, 2.75) is 0 Å². The Morgan fingerprint density at radius 2 is 1.03 bits per heavy atom. The van der Waals surface area contributed by atoms with Crippen LogP contribution in [0.2, 0.25) is 5.02 Å². The van der Waals surface area contributed by atoms with Gasteiger partial charge in [0.25, 0.3) is 0 Å². The molecule has 18 heteroatoms. The molecule has 0 unspecified atom stereocenters. The molecule has 8 rings (SSSR count). The van der Waals surface area contributed by atoms with Crippen LogP contribution in [-0.4, -0.2) is 51.8 Å². The van der Waals surface area contributed by atoms with Crippen LogP contribution >= 0.6 is 11.6 Å². The minimum Gasteiger partial charge on any atom is -0.503 e. The Bertz CT molecular complexity index is 3100. The van der Waals surface area contributed by atoms with Crippen LogP contribution < -0.4 is 15.6 Å². The van der Waals surface area contributed by atoms with Crippen molar-refractivity contribution in [3.05, 3.63) is 145 Å². The lowest BCUT2D eigenvalue weighted by Crippen LogP contribution is -2.01. The van der Waals surface area contributed by atoms with Crippen LogP contribution in [0.1, 0.15) is 20.7 Å². The number of ether oxygens (including phenoxy) is 1. The Balaban J connectivity index is 0.000000205. The average molecular weight is 853 g/mol. The number of fused-ring (bicyclic) bond motifs is 4. The number of hydrogen-bond donors (Lipinski definition) is 4. The fourth-order valence-electron chi connectivity index (χ4n) is 6.20. The van der Waals surface area contributed by atoms with Gasteiger partial charge in [0.05, 0.1) is 18.2 Å². The molecule has 2 aliphatic carbocycles. The van der Waals surface area contributed by atoms with Crippen LogP contribution in [0, 0.1) is 11.6 Å². The zero-order valence-corrected chi connectivity index (χ0v) is 31.4. The highest BCUT2D eigenvalue weighted by molar-refractivity contribution is 6.37. The summed E-state index contributed by atoms with van der Waals surface area (Å²) in [7, 11) is 1.40. The van der Waals surface area contributed by atoms with Gasteiger partial charge in [-0.25, -0.2) is 14.0 Å². The molecule has 15 nitrogen and oxygen atoms in total. The van der Waals surface area contributed by atoms with Crippen LogP contribution in [0.25, 0.3) is 66.8 Å². The van der Waals surface area contributed by atoms with Crippen molar-refractivity contribution >= 4 is 57.8 Å². The van der Waals surface area contributed by atoms with Gasteiger partial charge in [0.1, 0.15) is 16.5 Å². The summed E-state index contributed by atoms with van der Waals surface area (Å²) in [5, 5.41) is 38.5. The summed E-state index contributed by atoms with van der Waals surface area (Å²) in [6.07, 6.45) is 0.500. The average Bonchev–Trinajstić information content (AvgIpc) is 3.24. The van der Waals surface area contributed by atoms with Crippen molar-refractivity contribution in [2.24, 2.45) is 0 Å². The van der Waals surface area contributed by atoms with E-state index >= 15 is 0 Å². The smallest absolute Gasteiger partial charge is 0.373 e. The molecule has 61 heavy (non-hydrogen) atoms. The topological polar surface area (TPSA) is 253 Å². The van der Waals surface area contributed by atoms with E-state index in [0.29, 0.717) is 44.5 Å². The molecule has 4 aromatic rings. The van der Waals surface area contributed by atoms with Crippen molar-refractivity contribution in [1.29, 1.82) is 0 Å². The van der Waals surface area contributed by atoms with E-state index in [0.717, 1.165) is 12.1 Å². The van der Waals surface area contributed by atoms with Crippen molar-refractivity contribution in [3.8, 4) is 62.1 Å². The normalized spacial score (nSPS) is 10.3. The maximum Gasteiger partial charge on any atom is 0.373 e. The van der Waals surface area contributed by atoms with Crippen LogP contribution in [0.5, 0.6) is 17.2 Å². The molecule has 0 aromatic heterocycles. The van der Waals surface area contributed by atoms with Crippen LogP contribution in [-0.2, 0) is 19.2 Å². The first-order valence-electron chi connectivity index (χ1n) is 16.8. The molecule has 0 bridgehead atoms. The monoisotopic (exact) mass is 852 g/mol. The minimum absolute atomic E-state index is 0.0389. The number of benzene rings is 6. The Morgan fingerprint density at radius 3 is 1.44 bits per heavy atom. The highest BCUT2D eigenvalue weighted by Crippen LogP contribution is 2.48. The fourth-order valence-corrected chi connectivity index (χ4v) is 6.43. The number of aromatic carboxylic acids is 2. The van der Waals surface area contributed by atoms with Crippen LogP contribution in [0.4, 0.5) is 8.78 Å². The van der Waals surface area contributed by atoms with Crippen molar-refractivity contribution in [3.63, 3.8) is 0 Å². The summed E-state index contributed by atoms with van der Waals surface area (Å²) in [4.78, 5) is 78.2. The number of carbonyl (C=O) groups excluding carboxylic acids is 4. The molecular formula is C43H23ClF2O15. The molecule has 4 N–H and O–H groups in total. The summed E-state index contributed by atoms with van der Waals surface area (Å²) in [6, 6.07) is 22.8. The van der Waals surface area contributed by atoms with Gasteiger partial charge in [-0.05, 0) is 71.8 Å². The number of carbonyl (C=O) groups is 2. The molecule has 0 saturated carbocycles. The van der Waals surface area contributed by atoms with Crippen molar-refractivity contribution in [2.75, 3.05) is 7.11 Å². The summed E-state index contributed by atoms with van der Waals surface area (Å²) < 4.78 is 44.8. The predicted octanol–water partition coefficient (Wildman–Crippen LogP) is 7.71. The molecule has 0 fully saturated rings. The van der Waals surface area contributed by atoms with Gasteiger partial charge in [0, 0.05) is 45.2 Å². The highest BCUT2D eigenvalue weighted by atomic mass is 35.5. The van der Waals surface area contributed by atoms with Crippen molar-refractivity contribution < 1.29 is 71.5 Å². The molecule has 4 aromatic carbocycles. The zero-order chi connectivity index (χ0) is 44.7. The van der Waals surface area contributed by atoms with Gasteiger partial charge in [-0.1, -0.05) is 35.9 Å². The lowest BCUT2D eigenvalue weighted by atomic mass is 9.93. The van der Waals surface area contributed by atoms with E-state index in [4.69, 9.17) is 54.6 Å². The largest absolute Gasteiger partial charge is 0.503 e. The van der Waals surface area contributed by atoms with Gasteiger partial charge in [-0.2, -0.15) is 23.6 Å². The van der Waals surface area contributed by atoms with Gasteiger partial charge < -0.3 is 34.0 Å². The summed E-state index contributed by atoms with van der Waals surface area (Å²) in [6.45, 7) is 0. The van der Waals surface area contributed by atoms with Crippen molar-refractivity contribution in [1.82, 2.24) is 0 Å². The number of phenols is 2. The van der Waals surface area contributed by atoms with E-state index < -0.39 is 34.9 Å². The Kier molecular flexibility index (Phi) is 13.2. The number of carboxylic acid groups (broad SMARTS) is 2. The Labute approximate surface area is 343 Å². The molecular weight excluding hydrogens is 830 g/mol. The maximum atomic E-state index is 14.4. The Hall–Kier alpha value is -8.49. The van der Waals surface area contributed by atoms with Crippen LogP contribution in [0.15, 0.2) is 115 Å². The zero-order valence-electron chi connectivity index (χ0n) is 30.7. The first kappa shape index (κ1) is 43.6. The van der Waals surface area contributed by atoms with E-state index in [-0.39, 0.29) is 67.5 Å². The van der Waals surface area contributed by atoms with E-state index in [9.17, 15) is 38.2 Å². The number of hydrogen-bond acceptors (Lipinski definition) is 13. The lowest BCUT2D eigenvalue weighted by molar-refractivity contribution is -0.193. The molecule has 0 spiro atoms. The third kappa shape index (κ3) is 8.84. The minimum atomic E-state index is -1.29. The number of rotatable bonds is 5. The third-order valence-electron chi connectivity index (χ3n) is 8.78. The number of methoxy groups -OCH3 is 1. The Morgan fingerprint density at radius 1 is 0.623 bits per heavy atom. The number of halogens is 3. The standard InChI is InChI=1S/C21H13ClO6.C20H10F2O5.2CO2/c1-27-16-9-14-17(10-2-4-11(5-3-10)21(25)26)13-7-6-12(23)8-15(13)28-20(14)18(22)19(16)24;21-14-8-13-16(9-1-3-10(4-2-9)20(25)26)12-6-5-11(23)7-15(12)27-19(13)17(22)18(14)24;2*2-1-3/h2-9,24H,1H3,(H,25,26);1-8,24H,(H,25,26);;. The van der Waals surface area contributed by atoms with Crippen LogP contribution in [0.3, 0.4) is 0 Å². The summed E-state index contributed by atoms with van der Waals surface area (Å²) in [5.74, 6) is -5.55. The van der Waals surface area contributed by atoms with Gasteiger partial charge in [0.15, 0.2) is 45.1 Å². The quantitative estimate of drug-likeness (QED) is 0.121. The first-order valence-corrected chi connectivity index (χ1v) is 17.2. The van der Waals surface area contributed by atoms with Gasteiger partial charge in [-0.15, -0.1) is 0 Å². The second kappa shape index (κ2) is 18.4. The fraction of sp³-hybridized carbons (Fsp3) is 0.0233. The molecule has 306 valence electrons. The SMILES string of the molecule is COc1cc2c(-c3ccc(C(=O)O)cc3)c3ccc(=O)cc-3oc2c(Cl)c1O.O=C(O)c1ccc(-c2c3ccc(=O)cc-3oc3c(F)c(O)c(F)cc23)cc1.O=C=O.O=C=O. The molecule has 0 atom stereocenters. The molecule has 4 aliphatic rings. The lowest BCUT2D eigenvalue weighted by Gasteiger charge is -2.17. The van der Waals surface area contributed by atoms with E-state index in [1.165, 1.54) is 67.8 Å². The second-order valence-electron chi connectivity index (χ2n) is 12.2. The van der Waals surface area contributed by atoms with E-state index in [1.807, 2.05) is 0 Å². The van der Waals surface area contributed by atoms with E-state index in [2.05, 4.69) is 0 Å². The molecule has 2 heterocycles. The van der Waals surface area contributed by atoms with Gasteiger partial charge in [0.2, 0.25) is 5.82 Å². The number of phenolic OH excluding ortho intramolecular Hbond substituents is 2. The predicted molar refractivity (Wildman–Crippen MR) is 208 cm³/mol. The van der Waals surface area contributed by atoms with E-state index in [1.54, 1.807) is 24.3 Å². The molecule has 0 radical (unpaired) electrons. The maximum absolute atomic E-state index is 14.4. The molecule has 0 amide bonds. The van der Waals surface area contributed by atoms with Gasteiger partial charge in [-0.3, -0.25) is 9.59 Å². The summed E-state index contributed by atoms with van der Waals surface area (Å²) in [5.41, 5.74) is 2.59. The molecule has 2 aliphatic heterocycles. The number of carboxylic acids is 2. The first-order chi connectivity index (χ1) is 29.1. The highest BCUT2D eigenvalue weighted by Gasteiger charge is 2.25. The third-order valence-corrected chi connectivity index (χ3v) is 9.13. The second-order valence-corrected chi connectivity index (χ2v) is 12.6. The molecule has 0 saturated heterocycles. The van der Waals surface area contributed by atoms with Gasteiger partial charge >= 0.3 is 24.2 Å². The summed E-state index contributed by atoms with van der Waals surface area (Å²) >= 11 is 6.30.